The zero-order valence-corrected chi connectivity index (χ0v) is 18.8. The van der Waals surface area contributed by atoms with Crippen LogP contribution in [0.3, 0.4) is 0 Å². The molecule has 0 radical (unpaired) electrons. The Kier molecular flexibility index (Phi) is 5.87. The van der Waals surface area contributed by atoms with Gasteiger partial charge in [0.2, 0.25) is 15.9 Å². The first-order chi connectivity index (χ1) is 14.8. The number of amides is 1. The highest BCUT2D eigenvalue weighted by atomic mass is 32.2. The predicted molar refractivity (Wildman–Crippen MR) is 120 cm³/mol. The lowest BCUT2D eigenvalue weighted by Crippen LogP contribution is -2.41. The molecule has 1 aliphatic heterocycles. The van der Waals surface area contributed by atoms with Crippen LogP contribution >= 0.6 is 11.3 Å². The van der Waals surface area contributed by atoms with Gasteiger partial charge in [0.1, 0.15) is 5.75 Å². The van der Waals surface area contributed by atoms with Crippen molar-refractivity contribution in [3.8, 4) is 5.75 Å². The van der Waals surface area contributed by atoms with E-state index < -0.39 is 10.0 Å². The summed E-state index contributed by atoms with van der Waals surface area (Å²) >= 11 is 1.13. The fourth-order valence-corrected chi connectivity index (χ4v) is 6.10. The molecule has 1 amide bonds. The van der Waals surface area contributed by atoms with Gasteiger partial charge in [-0.05, 0) is 55.3 Å². The average Bonchev–Trinajstić information content (AvgIpc) is 3.06. The zero-order chi connectivity index (χ0) is 22.2. The first-order valence-corrected chi connectivity index (χ1v) is 12.1. The number of hydrogen-bond donors (Lipinski definition) is 1. The van der Waals surface area contributed by atoms with Crippen LogP contribution in [-0.2, 0) is 21.9 Å². The van der Waals surface area contributed by atoms with Gasteiger partial charge in [-0.2, -0.15) is 4.31 Å². The Balaban J connectivity index is 1.40. The molecular weight excluding hydrogens is 438 g/mol. The number of thiazole rings is 1. The van der Waals surface area contributed by atoms with E-state index in [0.717, 1.165) is 21.6 Å². The van der Waals surface area contributed by atoms with Crippen LogP contribution in [0, 0.1) is 5.92 Å². The molecule has 1 N–H and O–H groups in total. The molecule has 4 rings (SSSR count). The van der Waals surface area contributed by atoms with Crippen LogP contribution in [0.4, 0.5) is 5.69 Å². The van der Waals surface area contributed by atoms with Crippen molar-refractivity contribution >= 4 is 43.2 Å². The topological polar surface area (TPSA) is 97.7 Å². The Morgan fingerprint density at radius 2 is 1.81 bits per heavy atom. The lowest BCUT2D eigenvalue weighted by molar-refractivity contribution is -0.120. The number of hydrogen-bond acceptors (Lipinski definition) is 6. The van der Waals surface area contributed by atoms with Crippen molar-refractivity contribution < 1.29 is 17.9 Å². The van der Waals surface area contributed by atoms with Crippen LogP contribution in [0.15, 0.2) is 52.2 Å². The van der Waals surface area contributed by atoms with E-state index in [2.05, 4.69) is 5.32 Å². The van der Waals surface area contributed by atoms with Crippen LogP contribution in [0.1, 0.15) is 12.8 Å². The van der Waals surface area contributed by atoms with Gasteiger partial charge in [-0.15, -0.1) is 0 Å². The van der Waals surface area contributed by atoms with Crippen molar-refractivity contribution in [2.75, 3.05) is 25.5 Å². The monoisotopic (exact) mass is 461 g/mol. The van der Waals surface area contributed by atoms with Gasteiger partial charge in [0.25, 0.3) is 0 Å². The van der Waals surface area contributed by atoms with Gasteiger partial charge < -0.3 is 14.6 Å². The minimum atomic E-state index is -3.61. The van der Waals surface area contributed by atoms with Crippen LogP contribution < -0.4 is 14.9 Å². The number of piperidine rings is 1. The minimum Gasteiger partial charge on any atom is -0.497 e. The van der Waals surface area contributed by atoms with E-state index in [1.54, 1.807) is 35.9 Å². The standard InChI is InChI=1S/C21H23N3O5S2/c1-23-18-8-3-15(13-19(18)30-21(23)26)22-20(25)14-9-11-24(12-10-14)31(27,28)17-6-4-16(29-2)5-7-17/h3-8,13-14H,9-12H2,1-2H3,(H,22,25). The number of methoxy groups -OCH3 is 1. The highest BCUT2D eigenvalue weighted by Gasteiger charge is 2.32. The average molecular weight is 462 g/mol. The number of aromatic nitrogens is 1. The maximum atomic E-state index is 12.9. The first kappa shape index (κ1) is 21.5. The molecule has 1 fully saturated rings. The van der Waals surface area contributed by atoms with E-state index in [-0.39, 0.29) is 34.7 Å². The Morgan fingerprint density at radius 3 is 2.45 bits per heavy atom. The SMILES string of the molecule is COc1ccc(S(=O)(=O)N2CCC(C(=O)Nc3ccc4c(c3)sc(=O)n4C)CC2)cc1. The van der Waals surface area contributed by atoms with E-state index in [4.69, 9.17) is 4.74 Å². The maximum Gasteiger partial charge on any atom is 0.307 e. The molecule has 1 aromatic heterocycles. The molecule has 0 bridgehead atoms. The third-order valence-electron chi connectivity index (χ3n) is 5.58. The van der Waals surface area contributed by atoms with Gasteiger partial charge in [-0.1, -0.05) is 11.3 Å². The van der Waals surface area contributed by atoms with E-state index >= 15 is 0 Å². The van der Waals surface area contributed by atoms with Crippen molar-refractivity contribution in [1.29, 1.82) is 0 Å². The quantitative estimate of drug-likeness (QED) is 0.630. The fourth-order valence-electron chi connectivity index (χ4n) is 3.71. The predicted octanol–water partition coefficient (Wildman–Crippen LogP) is 2.65. The normalized spacial score (nSPS) is 15.8. The number of anilines is 1. The second-order valence-electron chi connectivity index (χ2n) is 7.45. The van der Waals surface area contributed by atoms with E-state index in [9.17, 15) is 18.0 Å². The molecule has 164 valence electrons. The van der Waals surface area contributed by atoms with Crippen molar-refractivity contribution in [1.82, 2.24) is 8.87 Å². The Bertz CT molecular complexity index is 1270. The molecule has 0 spiro atoms. The molecule has 8 nitrogen and oxygen atoms in total. The summed E-state index contributed by atoms with van der Waals surface area (Å²) in [4.78, 5) is 24.7. The number of benzene rings is 2. The summed E-state index contributed by atoms with van der Waals surface area (Å²) in [7, 11) is -0.363. The summed E-state index contributed by atoms with van der Waals surface area (Å²) in [5.41, 5.74) is 1.46. The smallest absolute Gasteiger partial charge is 0.307 e. The fraction of sp³-hybridized carbons (Fsp3) is 0.333. The van der Waals surface area contributed by atoms with Crippen LogP contribution in [0.5, 0.6) is 5.75 Å². The molecule has 10 heteroatoms. The zero-order valence-electron chi connectivity index (χ0n) is 17.2. The number of nitrogens with one attached hydrogen (secondary N) is 1. The highest BCUT2D eigenvalue weighted by Crippen LogP contribution is 2.27. The third-order valence-corrected chi connectivity index (χ3v) is 8.49. The maximum absolute atomic E-state index is 12.9. The summed E-state index contributed by atoms with van der Waals surface area (Å²) in [6.45, 7) is 0.567. The third kappa shape index (κ3) is 4.23. The number of rotatable bonds is 5. The van der Waals surface area contributed by atoms with Crippen molar-refractivity contribution in [3.63, 3.8) is 0 Å². The highest BCUT2D eigenvalue weighted by molar-refractivity contribution is 7.89. The second kappa shape index (κ2) is 8.45. The lowest BCUT2D eigenvalue weighted by atomic mass is 9.97. The number of fused-ring (bicyclic) bond motifs is 1. The van der Waals surface area contributed by atoms with Gasteiger partial charge in [-0.25, -0.2) is 8.42 Å². The minimum absolute atomic E-state index is 0.0519. The van der Waals surface area contributed by atoms with E-state index in [1.165, 1.54) is 23.5 Å². The molecule has 2 heterocycles. The van der Waals surface area contributed by atoms with Crippen molar-refractivity contribution in [3.05, 3.63) is 52.1 Å². The molecule has 1 aliphatic rings. The molecule has 1 saturated heterocycles. The van der Waals surface area contributed by atoms with Gasteiger partial charge >= 0.3 is 4.87 Å². The summed E-state index contributed by atoms with van der Waals surface area (Å²) in [5.74, 6) is 0.187. The number of carbonyl (C=O) groups excluding carboxylic acids is 1. The number of nitrogens with zero attached hydrogens (tertiary/aromatic N) is 2. The molecular formula is C21H23N3O5S2. The Hall–Kier alpha value is -2.69. The first-order valence-electron chi connectivity index (χ1n) is 9.84. The van der Waals surface area contributed by atoms with Gasteiger partial charge in [-0.3, -0.25) is 9.59 Å². The second-order valence-corrected chi connectivity index (χ2v) is 10.4. The summed E-state index contributed by atoms with van der Waals surface area (Å²) in [6, 6.07) is 11.7. The Labute approximate surface area is 184 Å². The molecule has 0 aliphatic carbocycles. The number of sulfonamides is 1. The Morgan fingerprint density at radius 1 is 1.13 bits per heavy atom. The summed E-state index contributed by atoms with van der Waals surface area (Å²) in [5, 5.41) is 2.90. The molecule has 2 aromatic carbocycles. The van der Waals surface area contributed by atoms with Crippen LogP contribution in [0.2, 0.25) is 0 Å². The number of aryl methyl sites for hydroxylation is 1. The summed E-state index contributed by atoms with van der Waals surface area (Å²) in [6.07, 6.45) is 0.893. The van der Waals surface area contributed by atoms with E-state index in [0.29, 0.717) is 24.3 Å². The van der Waals surface area contributed by atoms with Crippen molar-refractivity contribution in [2.45, 2.75) is 17.7 Å². The number of carbonyl (C=O) groups is 1. The molecule has 0 unspecified atom stereocenters. The largest absolute Gasteiger partial charge is 0.497 e. The van der Waals surface area contributed by atoms with Gasteiger partial charge in [0, 0.05) is 31.7 Å². The molecule has 3 aromatic rings. The molecule has 31 heavy (non-hydrogen) atoms. The van der Waals surface area contributed by atoms with Crippen LogP contribution in [-0.4, -0.2) is 43.4 Å². The van der Waals surface area contributed by atoms with Crippen molar-refractivity contribution in [2.24, 2.45) is 13.0 Å². The summed E-state index contributed by atoms with van der Waals surface area (Å²) < 4.78 is 34.6. The lowest BCUT2D eigenvalue weighted by Gasteiger charge is -2.30. The molecule has 0 atom stereocenters. The van der Waals surface area contributed by atoms with Crippen LogP contribution in [0.25, 0.3) is 10.2 Å². The van der Waals surface area contributed by atoms with Gasteiger partial charge in [0.15, 0.2) is 0 Å². The number of ether oxygens (including phenoxy) is 1. The van der Waals surface area contributed by atoms with E-state index in [1.807, 2.05) is 6.07 Å². The van der Waals surface area contributed by atoms with Gasteiger partial charge in [0.05, 0.1) is 22.2 Å². The molecule has 0 saturated carbocycles.